The van der Waals surface area contributed by atoms with Gasteiger partial charge in [0, 0.05) is 26.4 Å². The van der Waals surface area contributed by atoms with Gasteiger partial charge in [-0.2, -0.15) is 0 Å². The van der Waals surface area contributed by atoms with E-state index in [4.69, 9.17) is 4.74 Å². The second-order valence-corrected chi connectivity index (χ2v) is 8.85. The third-order valence-electron chi connectivity index (χ3n) is 6.60. The number of carbonyl (C=O) groups is 1. The van der Waals surface area contributed by atoms with Crippen LogP contribution in [0, 0.1) is 0 Å². The molecular weight excluding hydrogens is 460 g/mol. The predicted octanol–water partition coefficient (Wildman–Crippen LogP) is 1.81. The number of imidazole rings is 1. The number of pyridine rings is 1. The standard InChI is InChI=1S/C26H28N6O4/c1-36-15-14-29-18-28-24-23(29)25(34)32(26(35)31(24)16-19-8-3-2-4-9-19)17-22(33)30-13-7-11-21(30)20-10-5-6-12-27-20/h2-6,8-10,12,18,21H,7,11,13-17H2,1H3. The van der Waals surface area contributed by atoms with E-state index in [0.717, 1.165) is 28.7 Å². The molecule has 1 amide bonds. The molecule has 0 aliphatic carbocycles. The Morgan fingerprint density at radius 1 is 1.06 bits per heavy atom. The van der Waals surface area contributed by atoms with E-state index >= 15 is 0 Å². The first kappa shape index (κ1) is 23.7. The van der Waals surface area contributed by atoms with Gasteiger partial charge in [-0.05, 0) is 30.5 Å². The first-order valence-electron chi connectivity index (χ1n) is 12.0. The third kappa shape index (κ3) is 4.47. The Kier molecular flexibility index (Phi) is 6.77. The summed E-state index contributed by atoms with van der Waals surface area (Å²) in [7, 11) is 1.58. The van der Waals surface area contributed by atoms with Gasteiger partial charge in [0.05, 0.1) is 31.2 Å². The molecule has 1 saturated heterocycles. The molecule has 0 bridgehead atoms. The van der Waals surface area contributed by atoms with Crippen LogP contribution in [0.4, 0.5) is 0 Å². The highest BCUT2D eigenvalue weighted by Gasteiger charge is 2.31. The van der Waals surface area contributed by atoms with Gasteiger partial charge in [-0.3, -0.25) is 19.1 Å². The van der Waals surface area contributed by atoms with Crippen LogP contribution in [0.25, 0.3) is 11.2 Å². The number of benzene rings is 1. The van der Waals surface area contributed by atoms with Crippen molar-refractivity contribution in [2.75, 3.05) is 20.3 Å². The number of hydrogen-bond acceptors (Lipinski definition) is 6. The first-order chi connectivity index (χ1) is 17.6. The number of aromatic nitrogens is 5. The van der Waals surface area contributed by atoms with Gasteiger partial charge < -0.3 is 14.2 Å². The van der Waals surface area contributed by atoms with Crippen molar-refractivity contribution < 1.29 is 9.53 Å². The van der Waals surface area contributed by atoms with Crippen molar-refractivity contribution in [3.05, 3.63) is 93.2 Å². The summed E-state index contributed by atoms with van der Waals surface area (Å²) in [4.78, 5) is 51.2. The van der Waals surface area contributed by atoms with Crippen molar-refractivity contribution in [2.45, 2.75) is 38.5 Å². The van der Waals surface area contributed by atoms with Gasteiger partial charge in [0.15, 0.2) is 11.2 Å². The molecule has 0 saturated carbocycles. The van der Waals surface area contributed by atoms with Crippen LogP contribution in [0.3, 0.4) is 0 Å². The molecule has 1 atom stereocenters. The van der Waals surface area contributed by atoms with Crippen molar-refractivity contribution in [3.63, 3.8) is 0 Å². The minimum Gasteiger partial charge on any atom is -0.383 e. The van der Waals surface area contributed by atoms with Crippen molar-refractivity contribution in [1.29, 1.82) is 0 Å². The molecule has 4 aromatic rings. The van der Waals surface area contributed by atoms with Crippen molar-refractivity contribution >= 4 is 17.1 Å². The second-order valence-electron chi connectivity index (χ2n) is 8.85. The zero-order valence-corrected chi connectivity index (χ0v) is 20.1. The third-order valence-corrected chi connectivity index (χ3v) is 6.60. The first-order valence-corrected chi connectivity index (χ1v) is 12.0. The number of ether oxygens (including phenoxy) is 1. The van der Waals surface area contributed by atoms with Crippen LogP contribution in [-0.4, -0.2) is 54.7 Å². The maximum absolute atomic E-state index is 13.6. The largest absolute Gasteiger partial charge is 0.383 e. The smallest absolute Gasteiger partial charge is 0.333 e. The van der Waals surface area contributed by atoms with Gasteiger partial charge >= 0.3 is 5.69 Å². The van der Waals surface area contributed by atoms with Gasteiger partial charge in [-0.15, -0.1) is 0 Å². The number of rotatable bonds is 8. The fraction of sp³-hybridized carbons (Fsp3) is 0.346. The lowest BCUT2D eigenvalue weighted by Gasteiger charge is -2.24. The number of hydrogen-bond donors (Lipinski definition) is 0. The van der Waals surface area contributed by atoms with E-state index in [1.807, 2.05) is 48.5 Å². The van der Waals surface area contributed by atoms with E-state index in [0.29, 0.717) is 25.3 Å². The van der Waals surface area contributed by atoms with Crippen LogP contribution < -0.4 is 11.2 Å². The minimum absolute atomic E-state index is 0.170. The normalized spacial score (nSPS) is 15.6. The molecule has 10 heteroatoms. The summed E-state index contributed by atoms with van der Waals surface area (Å²) in [5.41, 5.74) is 1.17. The molecule has 1 aromatic carbocycles. The molecule has 0 radical (unpaired) electrons. The molecule has 10 nitrogen and oxygen atoms in total. The summed E-state index contributed by atoms with van der Waals surface area (Å²) >= 11 is 0. The fourth-order valence-electron chi connectivity index (χ4n) is 4.82. The van der Waals surface area contributed by atoms with Gasteiger partial charge in [-0.1, -0.05) is 36.4 Å². The molecule has 1 fully saturated rings. The minimum atomic E-state index is -0.560. The maximum atomic E-state index is 13.6. The molecule has 186 valence electrons. The van der Waals surface area contributed by atoms with Crippen LogP contribution in [-0.2, 0) is 29.2 Å². The molecule has 1 unspecified atom stereocenters. The summed E-state index contributed by atoms with van der Waals surface area (Å²) in [5, 5.41) is 0. The Labute approximate surface area is 207 Å². The second kappa shape index (κ2) is 10.3. The quantitative estimate of drug-likeness (QED) is 0.375. The van der Waals surface area contributed by atoms with E-state index in [1.165, 1.54) is 10.9 Å². The molecule has 1 aliphatic heterocycles. The summed E-state index contributed by atoms with van der Waals surface area (Å²) in [6.45, 7) is 1.21. The van der Waals surface area contributed by atoms with E-state index in [-0.39, 0.29) is 30.6 Å². The van der Waals surface area contributed by atoms with Gasteiger partial charge in [0.2, 0.25) is 5.91 Å². The van der Waals surface area contributed by atoms with E-state index in [9.17, 15) is 14.4 Å². The lowest BCUT2D eigenvalue weighted by Crippen LogP contribution is -2.45. The number of methoxy groups -OCH3 is 1. The fourth-order valence-corrected chi connectivity index (χ4v) is 4.82. The van der Waals surface area contributed by atoms with Crippen LogP contribution in [0.15, 0.2) is 70.6 Å². The van der Waals surface area contributed by atoms with Crippen LogP contribution >= 0.6 is 0 Å². The highest BCUT2D eigenvalue weighted by atomic mass is 16.5. The summed E-state index contributed by atoms with van der Waals surface area (Å²) < 4.78 is 9.35. The Balaban J connectivity index is 1.56. The molecular formula is C26H28N6O4. The summed E-state index contributed by atoms with van der Waals surface area (Å²) in [5.74, 6) is -0.282. The van der Waals surface area contributed by atoms with Crippen molar-refractivity contribution in [2.24, 2.45) is 0 Å². The zero-order chi connectivity index (χ0) is 25.1. The Bertz CT molecular complexity index is 1480. The van der Waals surface area contributed by atoms with Crippen LogP contribution in [0.1, 0.15) is 30.1 Å². The van der Waals surface area contributed by atoms with E-state index < -0.39 is 11.2 Å². The molecule has 5 rings (SSSR count). The summed E-state index contributed by atoms with van der Waals surface area (Å²) in [6.07, 6.45) is 4.87. The topological polar surface area (TPSA) is 104 Å². The molecule has 0 spiro atoms. The zero-order valence-electron chi connectivity index (χ0n) is 20.1. The molecule has 4 heterocycles. The van der Waals surface area contributed by atoms with Gasteiger partial charge in [0.25, 0.3) is 5.56 Å². The monoisotopic (exact) mass is 488 g/mol. The Morgan fingerprint density at radius 2 is 1.86 bits per heavy atom. The molecule has 36 heavy (non-hydrogen) atoms. The number of likely N-dealkylation sites (tertiary alicyclic amines) is 1. The Morgan fingerprint density at radius 3 is 2.61 bits per heavy atom. The SMILES string of the molecule is COCCn1cnc2c1c(=O)n(CC(=O)N1CCCC1c1ccccn1)c(=O)n2Cc1ccccc1. The molecule has 3 aromatic heterocycles. The van der Waals surface area contributed by atoms with Crippen LogP contribution in [0.5, 0.6) is 0 Å². The highest BCUT2D eigenvalue weighted by molar-refractivity contribution is 5.77. The van der Waals surface area contributed by atoms with Crippen LogP contribution in [0.2, 0.25) is 0 Å². The van der Waals surface area contributed by atoms with Gasteiger partial charge in [-0.25, -0.2) is 14.3 Å². The average molecular weight is 489 g/mol. The van der Waals surface area contributed by atoms with E-state index in [2.05, 4.69) is 9.97 Å². The van der Waals surface area contributed by atoms with Crippen molar-refractivity contribution in [3.8, 4) is 0 Å². The average Bonchev–Trinajstić information content (AvgIpc) is 3.57. The number of amides is 1. The molecule has 1 aliphatic rings. The predicted molar refractivity (Wildman–Crippen MR) is 134 cm³/mol. The highest BCUT2D eigenvalue weighted by Crippen LogP contribution is 2.30. The Hall–Kier alpha value is -4.05. The number of fused-ring (bicyclic) bond motifs is 1. The molecule has 0 N–H and O–H groups in total. The lowest BCUT2D eigenvalue weighted by atomic mass is 10.1. The number of carbonyl (C=O) groups excluding carboxylic acids is 1. The van der Waals surface area contributed by atoms with Gasteiger partial charge in [0.1, 0.15) is 6.54 Å². The summed E-state index contributed by atoms with van der Waals surface area (Å²) in [6, 6.07) is 14.9. The lowest BCUT2D eigenvalue weighted by molar-refractivity contribution is -0.133. The van der Waals surface area contributed by atoms with Crippen molar-refractivity contribution in [1.82, 2.24) is 28.6 Å². The van der Waals surface area contributed by atoms with E-state index in [1.54, 1.807) is 22.8 Å². The number of nitrogens with zero attached hydrogens (tertiary/aromatic N) is 6. The maximum Gasteiger partial charge on any atom is 0.333 e.